The average molecular weight is 345 g/mol. The van der Waals surface area contributed by atoms with Crippen LogP contribution in [0.3, 0.4) is 0 Å². The van der Waals surface area contributed by atoms with E-state index in [1.165, 1.54) is 21.6 Å². The number of hydrogen-bond acceptors (Lipinski definition) is 4. The van der Waals surface area contributed by atoms with Crippen molar-refractivity contribution in [2.45, 2.75) is 0 Å². The van der Waals surface area contributed by atoms with E-state index in [0.29, 0.717) is 0 Å². The molecule has 0 saturated carbocycles. The zero-order valence-corrected chi connectivity index (χ0v) is 15.0. The van der Waals surface area contributed by atoms with E-state index in [1.807, 2.05) is 37.2 Å². The molecule has 4 heteroatoms. The number of fused-ring (bicyclic) bond motifs is 1. The summed E-state index contributed by atoms with van der Waals surface area (Å²) in [5.74, 6) is 0.880. The second kappa shape index (κ2) is 6.22. The molecule has 2 aromatic carbocycles. The van der Waals surface area contributed by atoms with E-state index in [4.69, 9.17) is 10.7 Å². The van der Waals surface area contributed by atoms with E-state index in [1.54, 1.807) is 11.3 Å². The molecule has 2 heterocycles. The van der Waals surface area contributed by atoms with E-state index in [2.05, 4.69) is 48.5 Å². The molecule has 4 aromatic rings. The largest absolute Gasteiger partial charge is 0.398 e. The van der Waals surface area contributed by atoms with Gasteiger partial charge in [-0.05, 0) is 11.1 Å². The lowest BCUT2D eigenvalue weighted by molar-refractivity contribution is 1.09. The van der Waals surface area contributed by atoms with Crippen molar-refractivity contribution in [1.29, 1.82) is 0 Å². The molecule has 3 nitrogen and oxygen atoms in total. The van der Waals surface area contributed by atoms with E-state index in [0.717, 1.165) is 21.7 Å². The van der Waals surface area contributed by atoms with Crippen molar-refractivity contribution in [1.82, 2.24) is 4.98 Å². The van der Waals surface area contributed by atoms with E-state index >= 15 is 0 Å². The van der Waals surface area contributed by atoms with Gasteiger partial charge in [0.05, 0.1) is 0 Å². The molecule has 0 unspecified atom stereocenters. The summed E-state index contributed by atoms with van der Waals surface area (Å²) < 4.78 is 0. The maximum Gasteiger partial charge on any atom is 0.131 e. The van der Waals surface area contributed by atoms with E-state index < -0.39 is 0 Å². The van der Waals surface area contributed by atoms with Crippen LogP contribution >= 0.6 is 11.3 Å². The van der Waals surface area contributed by atoms with Crippen LogP contribution in [0.2, 0.25) is 0 Å². The number of aromatic nitrogens is 1. The summed E-state index contributed by atoms with van der Waals surface area (Å²) in [4.78, 5) is 9.00. The second-order valence-corrected chi connectivity index (χ2v) is 7.18. The van der Waals surface area contributed by atoms with Gasteiger partial charge in [0.25, 0.3) is 0 Å². The fraction of sp³-hybridized carbons (Fsp3) is 0.0952. The summed E-state index contributed by atoms with van der Waals surface area (Å²) in [5.41, 5.74) is 10.8. The van der Waals surface area contributed by atoms with Crippen LogP contribution in [0.4, 0.5) is 11.5 Å². The van der Waals surface area contributed by atoms with Crippen molar-refractivity contribution in [2.24, 2.45) is 0 Å². The van der Waals surface area contributed by atoms with Crippen LogP contribution in [0, 0.1) is 0 Å². The Hall–Kier alpha value is -2.85. The predicted octanol–water partition coefficient (Wildman–Crippen LogP) is 5.28. The van der Waals surface area contributed by atoms with Gasteiger partial charge in [-0.25, -0.2) is 4.98 Å². The third kappa shape index (κ3) is 2.75. The van der Waals surface area contributed by atoms with Gasteiger partial charge >= 0.3 is 0 Å². The first-order valence-electron chi connectivity index (χ1n) is 8.16. The van der Waals surface area contributed by atoms with E-state index in [9.17, 15) is 0 Å². The molecule has 0 aliphatic heterocycles. The molecule has 0 bridgehead atoms. The third-order valence-electron chi connectivity index (χ3n) is 4.24. The molecule has 2 aromatic heterocycles. The summed E-state index contributed by atoms with van der Waals surface area (Å²) in [7, 11) is 3.97. The number of nitrogen functional groups attached to an aromatic ring is 1. The molecule has 0 fully saturated rings. The summed E-state index contributed by atoms with van der Waals surface area (Å²) in [5, 5.41) is 1.04. The molecular formula is C21H19N3S. The average Bonchev–Trinajstić information content (AvgIpc) is 3.03. The highest BCUT2D eigenvalue weighted by molar-refractivity contribution is 7.22. The maximum absolute atomic E-state index is 6.46. The van der Waals surface area contributed by atoms with Gasteiger partial charge in [-0.15, -0.1) is 11.3 Å². The minimum Gasteiger partial charge on any atom is -0.398 e. The standard InChI is InChI=1S/C21H19N3S/c1-24(2)17-13-16(22)19-18(14-9-5-3-6-10-14)20(25-21(19)23-17)15-11-7-4-8-12-15/h3-13H,1-2H3,(H2,22,23). The molecule has 25 heavy (non-hydrogen) atoms. The van der Waals surface area contributed by atoms with Crippen molar-refractivity contribution >= 4 is 33.1 Å². The van der Waals surface area contributed by atoms with Gasteiger partial charge in [0.15, 0.2) is 0 Å². The molecule has 0 radical (unpaired) electrons. The first-order chi connectivity index (χ1) is 12.1. The van der Waals surface area contributed by atoms with Gasteiger partial charge in [0.2, 0.25) is 0 Å². The Labute approximate surface area is 151 Å². The minimum atomic E-state index is 0.769. The number of thiophene rings is 1. The van der Waals surface area contributed by atoms with Gasteiger partial charge in [-0.3, -0.25) is 0 Å². The summed E-state index contributed by atoms with van der Waals surface area (Å²) in [6.07, 6.45) is 0. The number of anilines is 2. The number of nitrogens with zero attached hydrogens (tertiary/aromatic N) is 2. The molecule has 124 valence electrons. The first kappa shape index (κ1) is 15.7. The minimum absolute atomic E-state index is 0.769. The summed E-state index contributed by atoms with van der Waals surface area (Å²) in [6.45, 7) is 0. The summed E-state index contributed by atoms with van der Waals surface area (Å²) in [6, 6.07) is 22.8. The Balaban J connectivity index is 2.08. The van der Waals surface area contributed by atoms with Crippen LogP contribution in [-0.4, -0.2) is 19.1 Å². The molecule has 0 saturated heterocycles. The third-order valence-corrected chi connectivity index (χ3v) is 5.37. The highest BCUT2D eigenvalue weighted by Crippen LogP contribution is 2.46. The molecule has 2 N–H and O–H groups in total. The monoisotopic (exact) mass is 345 g/mol. The fourth-order valence-electron chi connectivity index (χ4n) is 3.02. The summed E-state index contributed by atoms with van der Waals surface area (Å²) >= 11 is 1.70. The van der Waals surface area contributed by atoms with Gasteiger partial charge in [0, 0.05) is 41.7 Å². The topological polar surface area (TPSA) is 42.1 Å². The molecule has 0 spiro atoms. The maximum atomic E-state index is 6.46. The normalized spacial score (nSPS) is 11.0. The van der Waals surface area contributed by atoms with E-state index in [-0.39, 0.29) is 0 Å². The van der Waals surface area contributed by atoms with Crippen LogP contribution in [0.25, 0.3) is 31.8 Å². The Bertz CT molecular complexity index is 1020. The van der Waals surface area contributed by atoms with Gasteiger partial charge in [-0.1, -0.05) is 60.7 Å². The molecule has 0 aliphatic rings. The Morgan fingerprint density at radius 2 is 1.48 bits per heavy atom. The highest BCUT2D eigenvalue weighted by Gasteiger charge is 2.19. The Kier molecular flexibility index (Phi) is 3.90. The lowest BCUT2D eigenvalue weighted by Crippen LogP contribution is -2.10. The number of nitrogens with two attached hydrogens (primary N) is 1. The van der Waals surface area contributed by atoms with Crippen LogP contribution in [0.5, 0.6) is 0 Å². The van der Waals surface area contributed by atoms with Gasteiger partial charge < -0.3 is 10.6 Å². The van der Waals surface area contributed by atoms with Crippen molar-refractivity contribution in [3.05, 3.63) is 66.7 Å². The molecule has 0 atom stereocenters. The van der Waals surface area contributed by atoms with Gasteiger partial charge in [-0.2, -0.15) is 0 Å². The quantitative estimate of drug-likeness (QED) is 0.549. The number of pyridine rings is 1. The zero-order chi connectivity index (χ0) is 17.4. The van der Waals surface area contributed by atoms with Gasteiger partial charge in [0.1, 0.15) is 10.6 Å². The van der Waals surface area contributed by atoms with Crippen LogP contribution < -0.4 is 10.6 Å². The lowest BCUT2D eigenvalue weighted by Gasteiger charge is -2.12. The SMILES string of the molecule is CN(C)c1cc(N)c2c(-c3ccccc3)c(-c3ccccc3)sc2n1. The molecule has 4 rings (SSSR count). The number of hydrogen-bond donors (Lipinski definition) is 1. The predicted molar refractivity (Wildman–Crippen MR) is 109 cm³/mol. The Morgan fingerprint density at radius 3 is 2.08 bits per heavy atom. The van der Waals surface area contributed by atoms with Crippen LogP contribution in [0.15, 0.2) is 66.7 Å². The van der Waals surface area contributed by atoms with Crippen LogP contribution in [-0.2, 0) is 0 Å². The van der Waals surface area contributed by atoms with Crippen molar-refractivity contribution < 1.29 is 0 Å². The Morgan fingerprint density at radius 1 is 0.880 bits per heavy atom. The first-order valence-corrected chi connectivity index (χ1v) is 8.98. The van der Waals surface area contributed by atoms with Crippen molar-refractivity contribution in [3.8, 4) is 21.6 Å². The fourth-order valence-corrected chi connectivity index (χ4v) is 4.25. The smallest absolute Gasteiger partial charge is 0.131 e. The number of rotatable bonds is 3. The lowest BCUT2D eigenvalue weighted by atomic mass is 9.99. The molecular weight excluding hydrogens is 326 g/mol. The van der Waals surface area contributed by atoms with Crippen molar-refractivity contribution in [2.75, 3.05) is 24.7 Å². The number of benzene rings is 2. The molecule has 0 amide bonds. The van der Waals surface area contributed by atoms with Crippen molar-refractivity contribution in [3.63, 3.8) is 0 Å². The van der Waals surface area contributed by atoms with Crippen LogP contribution in [0.1, 0.15) is 0 Å². The zero-order valence-electron chi connectivity index (χ0n) is 14.2. The second-order valence-electron chi connectivity index (χ2n) is 6.18. The highest BCUT2D eigenvalue weighted by atomic mass is 32.1. The molecule has 0 aliphatic carbocycles.